The molecule has 3 aromatic heterocycles. The maximum absolute atomic E-state index is 14.6. The highest BCUT2D eigenvalue weighted by Crippen LogP contribution is 2.39. The van der Waals surface area contributed by atoms with Gasteiger partial charge in [-0.05, 0) is 57.0 Å². The quantitative estimate of drug-likeness (QED) is 0.246. The van der Waals surface area contributed by atoms with E-state index in [1.165, 1.54) is 19.9 Å². The topological polar surface area (TPSA) is 115 Å². The van der Waals surface area contributed by atoms with Crippen LogP contribution in [0.3, 0.4) is 0 Å². The number of rotatable bonds is 9. The van der Waals surface area contributed by atoms with Gasteiger partial charge in [0.05, 0.1) is 35.2 Å². The lowest BCUT2D eigenvalue weighted by molar-refractivity contribution is 0.0735. The SMILES string of the molecule is COc1c(Nc2cc(Cc3ccc(C(C)(C)O)c(F)n3)ncc2C(=O)C2CC2)cccc1-c1ncn(C)n1. The Morgan fingerprint density at radius 1 is 1.18 bits per heavy atom. The lowest BCUT2D eigenvalue weighted by atomic mass is 9.99. The molecule has 4 aromatic rings. The fourth-order valence-corrected chi connectivity index (χ4v) is 4.31. The Morgan fingerprint density at radius 3 is 2.61 bits per heavy atom. The predicted octanol–water partition coefficient (Wildman–Crippen LogP) is 4.57. The minimum absolute atomic E-state index is 0.000656. The second kappa shape index (κ2) is 9.94. The van der Waals surface area contributed by atoms with Crippen molar-refractivity contribution in [2.75, 3.05) is 12.4 Å². The Kier molecular flexibility index (Phi) is 6.66. The van der Waals surface area contributed by atoms with E-state index in [2.05, 4.69) is 25.4 Å². The highest BCUT2D eigenvalue weighted by Gasteiger charge is 2.32. The van der Waals surface area contributed by atoms with Gasteiger partial charge >= 0.3 is 0 Å². The summed E-state index contributed by atoms with van der Waals surface area (Å²) in [4.78, 5) is 25.9. The molecule has 0 unspecified atom stereocenters. The number of benzene rings is 1. The molecule has 2 N–H and O–H groups in total. The number of aryl methyl sites for hydroxylation is 1. The van der Waals surface area contributed by atoms with E-state index in [-0.39, 0.29) is 23.7 Å². The molecule has 1 saturated carbocycles. The van der Waals surface area contributed by atoms with E-state index in [0.717, 1.165) is 12.8 Å². The van der Waals surface area contributed by atoms with Crippen molar-refractivity contribution in [3.63, 3.8) is 0 Å². The second-order valence-corrected chi connectivity index (χ2v) is 9.99. The van der Waals surface area contributed by atoms with E-state index in [9.17, 15) is 14.3 Å². The average Bonchev–Trinajstić information content (AvgIpc) is 3.63. The molecule has 196 valence electrons. The third kappa shape index (κ3) is 5.26. The molecule has 0 amide bonds. The average molecular weight is 517 g/mol. The summed E-state index contributed by atoms with van der Waals surface area (Å²) in [5.74, 6) is 0.359. The van der Waals surface area contributed by atoms with Crippen molar-refractivity contribution in [3.05, 3.63) is 77.4 Å². The van der Waals surface area contributed by atoms with Gasteiger partial charge in [-0.15, -0.1) is 0 Å². The van der Waals surface area contributed by atoms with Gasteiger partial charge in [0.2, 0.25) is 5.95 Å². The molecule has 0 atom stereocenters. The number of aliphatic hydroxyl groups is 1. The summed E-state index contributed by atoms with van der Waals surface area (Å²) < 4.78 is 21.9. The Morgan fingerprint density at radius 2 is 1.97 bits per heavy atom. The third-order valence-electron chi connectivity index (χ3n) is 6.43. The van der Waals surface area contributed by atoms with Crippen LogP contribution in [-0.2, 0) is 19.1 Å². The number of halogens is 1. The van der Waals surface area contributed by atoms with Gasteiger partial charge in [0.1, 0.15) is 6.33 Å². The number of para-hydroxylation sites is 1. The van der Waals surface area contributed by atoms with Crippen LogP contribution in [0, 0.1) is 11.9 Å². The zero-order valence-electron chi connectivity index (χ0n) is 21.7. The molecule has 0 spiro atoms. The number of carbonyl (C=O) groups excluding carboxylic acids is 1. The van der Waals surface area contributed by atoms with Crippen LogP contribution in [0.25, 0.3) is 11.4 Å². The van der Waals surface area contributed by atoms with Crippen molar-refractivity contribution < 1.29 is 19.0 Å². The van der Waals surface area contributed by atoms with Crippen molar-refractivity contribution in [1.29, 1.82) is 0 Å². The smallest absolute Gasteiger partial charge is 0.219 e. The van der Waals surface area contributed by atoms with E-state index in [0.29, 0.717) is 45.5 Å². The first-order valence-corrected chi connectivity index (χ1v) is 12.4. The maximum atomic E-state index is 14.6. The van der Waals surface area contributed by atoms with Gasteiger partial charge in [-0.25, -0.2) is 9.97 Å². The Hall–Kier alpha value is -4.18. The molecule has 3 heterocycles. The molecule has 38 heavy (non-hydrogen) atoms. The lowest BCUT2D eigenvalue weighted by Gasteiger charge is -2.18. The number of Topliss-reactive ketones (excluding diaryl/α,β-unsaturated/α-hetero) is 1. The number of anilines is 2. The molecule has 0 aliphatic heterocycles. The third-order valence-corrected chi connectivity index (χ3v) is 6.43. The van der Waals surface area contributed by atoms with Crippen LogP contribution in [0.4, 0.5) is 15.8 Å². The highest BCUT2D eigenvalue weighted by atomic mass is 19.1. The summed E-state index contributed by atoms with van der Waals surface area (Å²) in [6.07, 6.45) is 5.14. The normalized spacial score (nSPS) is 13.4. The number of methoxy groups -OCH3 is 1. The first-order valence-electron chi connectivity index (χ1n) is 12.4. The van der Waals surface area contributed by atoms with Crippen LogP contribution in [0.5, 0.6) is 5.75 Å². The van der Waals surface area contributed by atoms with Crippen molar-refractivity contribution in [1.82, 2.24) is 24.7 Å². The maximum Gasteiger partial charge on any atom is 0.219 e. The largest absolute Gasteiger partial charge is 0.494 e. The Bertz CT molecular complexity index is 1510. The summed E-state index contributed by atoms with van der Waals surface area (Å²) in [7, 11) is 3.36. The number of hydrogen-bond acceptors (Lipinski definition) is 8. The van der Waals surface area contributed by atoms with Crippen LogP contribution in [0.1, 0.15) is 54.0 Å². The summed E-state index contributed by atoms with van der Waals surface area (Å²) in [5.41, 5.74) is 2.23. The number of hydrogen-bond donors (Lipinski definition) is 2. The fourth-order valence-electron chi connectivity index (χ4n) is 4.31. The van der Waals surface area contributed by atoms with E-state index in [1.807, 2.05) is 18.2 Å². The van der Waals surface area contributed by atoms with Gasteiger partial charge in [0, 0.05) is 42.5 Å². The van der Waals surface area contributed by atoms with Crippen molar-refractivity contribution in [2.45, 2.75) is 38.7 Å². The van der Waals surface area contributed by atoms with E-state index < -0.39 is 11.5 Å². The van der Waals surface area contributed by atoms with E-state index in [4.69, 9.17) is 4.74 Å². The molecule has 1 aliphatic carbocycles. The molecular formula is C28H29FN6O3. The number of pyridine rings is 2. The first-order chi connectivity index (χ1) is 18.1. The summed E-state index contributed by atoms with van der Waals surface area (Å²) in [6, 6.07) is 10.6. The standard InChI is InChI=1S/C28H29FN6O3/c1-28(2,37)21-11-10-17(32-26(21)29)12-18-13-23(20(14-30-18)24(36)16-8-9-16)33-22-7-5-6-19(25(22)38-4)27-31-15-35(3)34-27/h5-7,10-11,13-16,37H,8-9,12H2,1-4H3,(H,30,33). The van der Waals surface area contributed by atoms with Crippen LogP contribution >= 0.6 is 0 Å². The molecule has 1 fully saturated rings. The summed E-state index contributed by atoms with van der Waals surface area (Å²) in [6.45, 7) is 3.02. The number of carbonyl (C=O) groups is 1. The number of ether oxygens (including phenoxy) is 1. The number of ketones is 1. The molecule has 0 bridgehead atoms. The lowest BCUT2D eigenvalue weighted by Crippen LogP contribution is -2.18. The van der Waals surface area contributed by atoms with Crippen LogP contribution in [0.2, 0.25) is 0 Å². The minimum atomic E-state index is -1.34. The second-order valence-electron chi connectivity index (χ2n) is 9.99. The molecule has 9 nitrogen and oxygen atoms in total. The molecule has 5 rings (SSSR count). The summed E-state index contributed by atoms with van der Waals surface area (Å²) in [5, 5.41) is 17.9. The van der Waals surface area contributed by atoms with Crippen molar-refractivity contribution >= 4 is 17.2 Å². The molecule has 0 radical (unpaired) electrons. The minimum Gasteiger partial charge on any atom is -0.494 e. The van der Waals surface area contributed by atoms with Crippen molar-refractivity contribution in [2.24, 2.45) is 13.0 Å². The van der Waals surface area contributed by atoms with Gasteiger partial charge in [-0.2, -0.15) is 9.49 Å². The fraction of sp³-hybridized carbons (Fsp3) is 0.321. The molecular weight excluding hydrogens is 487 g/mol. The van der Waals surface area contributed by atoms with Gasteiger partial charge in [-0.1, -0.05) is 6.07 Å². The van der Waals surface area contributed by atoms with E-state index >= 15 is 0 Å². The molecule has 0 saturated heterocycles. The highest BCUT2D eigenvalue weighted by molar-refractivity contribution is 6.04. The molecule has 1 aromatic carbocycles. The zero-order chi connectivity index (χ0) is 27.0. The molecule has 1 aliphatic rings. The Balaban J connectivity index is 1.50. The van der Waals surface area contributed by atoms with Gasteiger partial charge in [-0.3, -0.25) is 14.5 Å². The van der Waals surface area contributed by atoms with Crippen LogP contribution < -0.4 is 10.1 Å². The number of nitrogens with zero attached hydrogens (tertiary/aromatic N) is 5. The molecule has 10 heteroatoms. The predicted molar refractivity (Wildman–Crippen MR) is 140 cm³/mol. The van der Waals surface area contributed by atoms with Gasteiger partial charge in [0.25, 0.3) is 0 Å². The Labute approximate surface area is 219 Å². The van der Waals surface area contributed by atoms with Crippen LogP contribution in [-0.4, -0.2) is 42.7 Å². The summed E-state index contributed by atoms with van der Waals surface area (Å²) >= 11 is 0. The van der Waals surface area contributed by atoms with E-state index in [1.54, 1.807) is 43.5 Å². The monoisotopic (exact) mass is 516 g/mol. The van der Waals surface area contributed by atoms with Gasteiger partial charge < -0.3 is 15.2 Å². The van der Waals surface area contributed by atoms with Gasteiger partial charge in [0.15, 0.2) is 17.4 Å². The number of aromatic nitrogens is 5. The first kappa shape index (κ1) is 25.5. The van der Waals surface area contributed by atoms with Crippen molar-refractivity contribution in [3.8, 4) is 17.1 Å². The zero-order valence-corrected chi connectivity index (χ0v) is 21.7. The number of nitrogens with one attached hydrogen (secondary N) is 1. The van der Waals surface area contributed by atoms with Crippen LogP contribution in [0.15, 0.2) is 48.9 Å².